The molecule has 4 fully saturated rings. The van der Waals surface area contributed by atoms with Gasteiger partial charge in [0.05, 0.1) is 13.2 Å². The maximum absolute atomic E-state index is 13.5. The molecule has 6 atom stereocenters. The summed E-state index contributed by atoms with van der Waals surface area (Å²) in [6.45, 7) is 12.0. The SMILES string of the molecule is CC(=O)O[C@H]1CC[C@@]2(C)C(=CC(=O)[C@@H]3[C@@H]2CC[C@@]2(C)[C@H]3CCC23OCC(C)(C)CO3)C1. The quantitative estimate of drug-likeness (QED) is 0.558. The lowest BCUT2D eigenvalue weighted by Gasteiger charge is -2.59. The number of carbonyl (C=O) groups excluding carboxylic acids is 2. The normalized spacial score (nSPS) is 45.3. The highest BCUT2D eigenvalue weighted by Gasteiger charge is 2.68. The van der Waals surface area contributed by atoms with Gasteiger partial charge in [0, 0.05) is 36.5 Å². The van der Waals surface area contributed by atoms with Crippen molar-refractivity contribution in [2.24, 2.45) is 34.0 Å². The first-order chi connectivity index (χ1) is 14.5. The molecule has 0 bridgehead atoms. The molecule has 5 heteroatoms. The largest absolute Gasteiger partial charge is 0.462 e. The van der Waals surface area contributed by atoms with Gasteiger partial charge in [0.2, 0.25) is 0 Å². The summed E-state index contributed by atoms with van der Waals surface area (Å²) in [5.74, 6) is 0.252. The van der Waals surface area contributed by atoms with Gasteiger partial charge < -0.3 is 14.2 Å². The minimum atomic E-state index is -0.531. The van der Waals surface area contributed by atoms with Crippen LogP contribution in [0.1, 0.15) is 79.6 Å². The molecule has 3 saturated carbocycles. The molecule has 0 aromatic heterocycles. The van der Waals surface area contributed by atoms with Crippen molar-refractivity contribution in [3.05, 3.63) is 11.6 Å². The molecule has 0 unspecified atom stereocenters. The second-order valence-electron chi connectivity index (χ2n) is 12.2. The molecular weight excluding hydrogens is 392 g/mol. The van der Waals surface area contributed by atoms with Gasteiger partial charge in [-0.3, -0.25) is 9.59 Å². The van der Waals surface area contributed by atoms with Crippen LogP contribution in [0.2, 0.25) is 0 Å². The van der Waals surface area contributed by atoms with E-state index in [1.54, 1.807) is 0 Å². The molecule has 0 N–H and O–H groups in total. The Morgan fingerprint density at radius 2 is 1.68 bits per heavy atom. The zero-order chi connectivity index (χ0) is 22.2. The monoisotopic (exact) mass is 430 g/mol. The number of ether oxygens (including phenoxy) is 3. The van der Waals surface area contributed by atoms with E-state index in [-0.39, 0.29) is 40.0 Å². The topological polar surface area (TPSA) is 61.8 Å². The maximum atomic E-state index is 13.5. The second-order valence-corrected chi connectivity index (χ2v) is 12.2. The third kappa shape index (κ3) is 3.09. The van der Waals surface area contributed by atoms with E-state index in [4.69, 9.17) is 14.2 Å². The Hall–Kier alpha value is -1.20. The summed E-state index contributed by atoms with van der Waals surface area (Å²) in [7, 11) is 0. The summed E-state index contributed by atoms with van der Waals surface area (Å²) in [6.07, 6.45) is 8.39. The van der Waals surface area contributed by atoms with E-state index in [0.29, 0.717) is 18.3 Å². The van der Waals surface area contributed by atoms with Crippen molar-refractivity contribution in [3.63, 3.8) is 0 Å². The third-order valence-electron chi connectivity index (χ3n) is 9.67. The summed E-state index contributed by atoms with van der Waals surface area (Å²) in [5, 5.41) is 0. The summed E-state index contributed by atoms with van der Waals surface area (Å²) in [6, 6.07) is 0. The Balaban J connectivity index is 1.43. The average molecular weight is 431 g/mol. The highest BCUT2D eigenvalue weighted by molar-refractivity contribution is 5.94. The number of carbonyl (C=O) groups is 2. The lowest BCUT2D eigenvalue weighted by Crippen LogP contribution is -2.60. The standard InChI is InChI=1S/C26H38O5/c1-16(27)31-18-6-9-24(4)17(12-18)13-21(28)22-19(24)7-10-25(5)20(22)8-11-26(25)29-14-23(2,3)15-30-26/h13,18-20,22H,6-12,14-15H2,1-5H3/t18-,19-,20-,22+,24-,25-/m0/s1. The Kier molecular flexibility index (Phi) is 4.81. The lowest BCUT2D eigenvalue weighted by molar-refractivity contribution is -0.346. The van der Waals surface area contributed by atoms with Crippen LogP contribution in [0.5, 0.6) is 0 Å². The minimum Gasteiger partial charge on any atom is -0.462 e. The number of rotatable bonds is 1. The molecule has 31 heavy (non-hydrogen) atoms. The molecule has 0 aromatic carbocycles. The van der Waals surface area contributed by atoms with Gasteiger partial charge in [0.1, 0.15) is 6.10 Å². The molecule has 5 nitrogen and oxygen atoms in total. The Morgan fingerprint density at radius 3 is 2.35 bits per heavy atom. The maximum Gasteiger partial charge on any atom is 0.302 e. The average Bonchev–Trinajstić information content (AvgIpc) is 2.98. The molecule has 5 rings (SSSR count). The summed E-state index contributed by atoms with van der Waals surface area (Å²) >= 11 is 0. The van der Waals surface area contributed by atoms with E-state index in [0.717, 1.165) is 51.7 Å². The van der Waals surface area contributed by atoms with Gasteiger partial charge in [-0.15, -0.1) is 0 Å². The van der Waals surface area contributed by atoms with E-state index in [1.165, 1.54) is 12.5 Å². The van der Waals surface area contributed by atoms with Crippen LogP contribution >= 0.6 is 0 Å². The Bertz CT molecular complexity index is 818. The Morgan fingerprint density at radius 1 is 1.00 bits per heavy atom. The van der Waals surface area contributed by atoms with Gasteiger partial charge in [-0.25, -0.2) is 0 Å². The first-order valence-electron chi connectivity index (χ1n) is 12.2. The number of ketones is 1. The first kappa shape index (κ1) is 21.6. The molecular formula is C26H38O5. The zero-order valence-electron chi connectivity index (χ0n) is 19.8. The summed E-state index contributed by atoms with van der Waals surface area (Å²) in [5.41, 5.74) is 1.17. The minimum absolute atomic E-state index is 0.0303. The fraction of sp³-hybridized carbons (Fsp3) is 0.846. The van der Waals surface area contributed by atoms with Crippen molar-refractivity contribution in [1.82, 2.24) is 0 Å². The van der Waals surface area contributed by atoms with Crippen molar-refractivity contribution in [3.8, 4) is 0 Å². The number of allylic oxidation sites excluding steroid dienone is 1. The zero-order valence-corrected chi connectivity index (χ0v) is 19.8. The van der Waals surface area contributed by atoms with E-state index < -0.39 is 5.79 Å². The van der Waals surface area contributed by atoms with Crippen LogP contribution in [0.15, 0.2) is 11.6 Å². The third-order valence-corrected chi connectivity index (χ3v) is 9.67. The van der Waals surface area contributed by atoms with Gasteiger partial charge in [-0.1, -0.05) is 33.3 Å². The highest BCUT2D eigenvalue weighted by Crippen LogP contribution is 2.68. The molecule has 5 aliphatic rings. The molecule has 1 heterocycles. The molecule has 0 radical (unpaired) electrons. The molecule has 0 aromatic rings. The van der Waals surface area contributed by atoms with Crippen LogP contribution in [-0.4, -0.2) is 36.9 Å². The second kappa shape index (κ2) is 6.90. The fourth-order valence-corrected chi connectivity index (χ4v) is 7.84. The molecule has 1 spiro atoms. The fourth-order valence-electron chi connectivity index (χ4n) is 7.84. The van der Waals surface area contributed by atoms with Crippen LogP contribution < -0.4 is 0 Å². The number of hydrogen-bond donors (Lipinski definition) is 0. The van der Waals surface area contributed by atoms with Gasteiger partial charge in [0.15, 0.2) is 11.6 Å². The van der Waals surface area contributed by atoms with Gasteiger partial charge >= 0.3 is 5.97 Å². The van der Waals surface area contributed by atoms with Crippen LogP contribution in [0.25, 0.3) is 0 Å². The first-order valence-corrected chi connectivity index (χ1v) is 12.2. The smallest absolute Gasteiger partial charge is 0.302 e. The number of hydrogen-bond acceptors (Lipinski definition) is 5. The predicted octanol–water partition coefficient (Wildman–Crippen LogP) is 4.83. The summed E-state index contributed by atoms with van der Waals surface area (Å²) in [4.78, 5) is 25.0. The van der Waals surface area contributed by atoms with Crippen molar-refractivity contribution >= 4 is 11.8 Å². The van der Waals surface area contributed by atoms with Crippen molar-refractivity contribution in [1.29, 1.82) is 0 Å². The van der Waals surface area contributed by atoms with Crippen LogP contribution in [0.3, 0.4) is 0 Å². The van der Waals surface area contributed by atoms with Crippen molar-refractivity contribution < 1.29 is 23.8 Å². The van der Waals surface area contributed by atoms with E-state index >= 15 is 0 Å². The van der Waals surface area contributed by atoms with Crippen LogP contribution in [-0.2, 0) is 23.8 Å². The Labute approximate surface area is 186 Å². The molecule has 172 valence electrons. The predicted molar refractivity (Wildman–Crippen MR) is 116 cm³/mol. The molecule has 4 aliphatic carbocycles. The highest BCUT2D eigenvalue weighted by atomic mass is 16.7. The molecule has 1 saturated heterocycles. The van der Waals surface area contributed by atoms with E-state index in [2.05, 4.69) is 27.7 Å². The van der Waals surface area contributed by atoms with E-state index in [9.17, 15) is 9.59 Å². The number of fused-ring (bicyclic) bond motifs is 6. The molecule has 0 amide bonds. The van der Waals surface area contributed by atoms with Crippen molar-refractivity contribution in [2.45, 2.75) is 91.5 Å². The van der Waals surface area contributed by atoms with Gasteiger partial charge in [0.25, 0.3) is 0 Å². The van der Waals surface area contributed by atoms with Gasteiger partial charge in [-0.2, -0.15) is 0 Å². The van der Waals surface area contributed by atoms with Gasteiger partial charge in [-0.05, 0) is 55.4 Å². The van der Waals surface area contributed by atoms with Crippen LogP contribution in [0.4, 0.5) is 0 Å². The summed E-state index contributed by atoms with van der Waals surface area (Å²) < 4.78 is 18.5. The van der Waals surface area contributed by atoms with E-state index in [1.807, 2.05) is 6.08 Å². The van der Waals surface area contributed by atoms with Crippen LogP contribution in [0, 0.1) is 34.0 Å². The lowest BCUT2D eigenvalue weighted by atomic mass is 9.47. The van der Waals surface area contributed by atoms with Crippen molar-refractivity contribution in [2.75, 3.05) is 13.2 Å². The molecule has 1 aliphatic heterocycles. The number of esters is 1.